The molecular weight excluding hydrogens is 535 g/mol. The lowest BCUT2D eigenvalue weighted by Crippen LogP contribution is -2.32. The second kappa shape index (κ2) is 11.7. The molecule has 0 spiro atoms. The van der Waals surface area contributed by atoms with Gasteiger partial charge in [0.2, 0.25) is 0 Å². The molecule has 5 N–H and O–H groups in total. The molecule has 1 saturated heterocycles. The number of aryl methyl sites for hydroxylation is 1. The molecule has 11 nitrogen and oxygen atoms in total. The summed E-state index contributed by atoms with van der Waals surface area (Å²) in [6.07, 6.45) is -0.935. The lowest BCUT2D eigenvalue weighted by atomic mass is 10.1. The molecule has 2 aromatic heterocycles. The summed E-state index contributed by atoms with van der Waals surface area (Å²) < 4.78 is 43.0. The number of carboxylic acid groups (broad SMARTS) is 1. The molecule has 212 valence electrons. The van der Waals surface area contributed by atoms with E-state index in [0.717, 1.165) is 42.9 Å². The van der Waals surface area contributed by atoms with E-state index in [9.17, 15) is 22.8 Å². The minimum Gasteiger partial charge on any atom is -0.493 e. The molecule has 4 heterocycles. The topological polar surface area (TPSA) is 166 Å². The van der Waals surface area contributed by atoms with Crippen molar-refractivity contribution in [3.05, 3.63) is 53.0 Å². The summed E-state index contributed by atoms with van der Waals surface area (Å²) in [6, 6.07) is 7.37. The Hall–Kier alpha value is -4.46. The molecule has 1 atom stereocenters. The Morgan fingerprint density at radius 3 is 2.62 bits per heavy atom. The van der Waals surface area contributed by atoms with Gasteiger partial charge in [-0.15, -0.1) is 0 Å². The number of amides is 2. The number of aromatic nitrogens is 2. The highest BCUT2D eigenvalue weighted by molar-refractivity contribution is 6.09. The first-order chi connectivity index (χ1) is 19.0. The standard InChI is InChI=1S/C24H25N5O4.C2HF3O2/c1-13-21-16(10-19(28-13)24(31)27-11-14-4-3-8-32-14)22(17(12-26-21)23(25)30)29-18-5-2-6-20-15(18)7-9-33-20;3-2(4,5)1(6)7/h2,5-6,10,12,14H,3-4,7-9,11H2,1H3,(H2,25,30)(H,26,29)(H,27,31);(H,6,7)/t14-;/m0./s1. The van der Waals surface area contributed by atoms with E-state index < -0.39 is 18.1 Å². The first-order valence-corrected chi connectivity index (χ1v) is 12.3. The van der Waals surface area contributed by atoms with Gasteiger partial charge in [0.1, 0.15) is 11.4 Å². The number of alkyl halides is 3. The Morgan fingerprint density at radius 1 is 1.23 bits per heavy atom. The number of nitrogens with two attached hydrogens (primary N) is 1. The van der Waals surface area contributed by atoms with Crippen LogP contribution in [-0.4, -0.2) is 64.9 Å². The highest BCUT2D eigenvalue weighted by atomic mass is 19.4. The van der Waals surface area contributed by atoms with Gasteiger partial charge in [-0.3, -0.25) is 14.6 Å². The first kappa shape index (κ1) is 28.5. The van der Waals surface area contributed by atoms with Crippen LogP contribution in [0.2, 0.25) is 0 Å². The van der Waals surface area contributed by atoms with Crippen molar-refractivity contribution >= 4 is 40.1 Å². The molecule has 0 aliphatic carbocycles. The highest BCUT2D eigenvalue weighted by Gasteiger charge is 2.38. The number of carbonyl (C=O) groups excluding carboxylic acids is 2. The zero-order valence-corrected chi connectivity index (χ0v) is 21.3. The Balaban J connectivity index is 0.000000470. The summed E-state index contributed by atoms with van der Waals surface area (Å²) in [6.45, 7) is 3.54. The fourth-order valence-electron chi connectivity index (χ4n) is 4.37. The smallest absolute Gasteiger partial charge is 0.490 e. The first-order valence-electron chi connectivity index (χ1n) is 12.3. The van der Waals surface area contributed by atoms with E-state index in [1.54, 1.807) is 13.0 Å². The van der Waals surface area contributed by atoms with Gasteiger partial charge in [-0.05, 0) is 38.0 Å². The van der Waals surface area contributed by atoms with Gasteiger partial charge in [-0.1, -0.05) is 6.07 Å². The molecular formula is C26H26F3N5O6. The molecule has 2 amide bonds. The van der Waals surface area contributed by atoms with Gasteiger partial charge < -0.3 is 30.9 Å². The zero-order valence-electron chi connectivity index (χ0n) is 21.3. The maximum atomic E-state index is 12.9. The van der Waals surface area contributed by atoms with Crippen molar-refractivity contribution in [2.24, 2.45) is 5.73 Å². The van der Waals surface area contributed by atoms with E-state index in [-0.39, 0.29) is 23.3 Å². The highest BCUT2D eigenvalue weighted by Crippen LogP contribution is 2.36. The van der Waals surface area contributed by atoms with Crippen LogP contribution in [0.4, 0.5) is 24.5 Å². The van der Waals surface area contributed by atoms with Gasteiger partial charge in [0.05, 0.1) is 35.2 Å². The van der Waals surface area contributed by atoms with Crippen LogP contribution >= 0.6 is 0 Å². The molecule has 5 rings (SSSR count). The zero-order chi connectivity index (χ0) is 29.0. The SMILES string of the molecule is Cc1nc(C(=O)NC[C@@H]2CCCO2)cc2c(Nc3cccc4c3CCO4)c(C(N)=O)cnc12.O=C(O)C(F)(F)F. The number of fused-ring (bicyclic) bond motifs is 2. The van der Waals surface area contributed by atoms with Crippen molar-refractivity contribution in [2.45, 2.75) is 38.5 Å². The summed E-state index contributed by atoms with van der Waals surface area (Å²) >= 11 is 0. The largest absolute Gasteiger partial charge is 0.493 e. The second-order valence-corrected chi connectivity index (χ2v) is 9.05. The Bertz CT molecular complexity index is 1460. The molecule has 2 aliphatic rings. The average molecular weight is 562 g/mol. The number of halogens is 3. The fraction of sp³-hybridized carbons (Fsp3) is 0.346. The number of pyridine rings is 2. The molecule has 2 aliphatic heterocycles. The van der Waals surface area contributed by atoms with Crippen LogP contribution in [0.1, 0.15) is 44.9 Å². The van der Waals surface area contributed by atoms with Gasteiger partial charge in [0, 0.05) is 42.4 Å². The molecule has 0 radical (unpaired) electrons. The van der Waals surface area contributed by atoms with E-state index in [0.29, 0.717) is 35.4 Å². The summed E-state index contributed by atoms with van der Waals surface area (Å²) in [4.78, 5) is 42.9. The summed E-state index contributed by atoms with van der Waals surface area (Å²) in [7, 11) is 0. The third kappa shape index (κ3) is 6.39. The molecule has 14 heteroatoms. The molecule has 1 aromatic carbocycles. The molecule has 40 heavy (non-hydrogen) atoms. The molecule has 0 bridgehead atoms. The number of ether oxygens (including phenoxy) is 2. The van der Waals surface area contributed by atoms with E-state index in [4.69, 9.17) is 25.1 Å². The third-order valence-electron chi connectivity index (χ3n) is 6.29. The van der Waals surface area contributed by atoms with Crippen molar-refractivity contribution in [2.75, 3.05) is 25.1 Å². The molecule has 3 aromatic rings. The third-order valence-corrected chi connectivity index (χ3v) is 6.29. The Kier molecular flexibility index (Phi) is 8.38. The van der Waals surface area contributed by atoms with Crippen LogP contribution in [0.5, 0.6) is 5.75 Å². The van der Waals surface area contributed by atoms with Crippen molar-refractivity contribution in [3.63, 3.8) is 0 Å². The lowest BCUT2D eigenvalue weighted by molar-refractivity contribution is -0.192. The van der Waals surface area contributed by atoms with Crippen LogP contribution in [-0.2, 0) is 16.0 Å². The maximum Gasteiger partial charge on any atom is 0.490 e. The van der Waals surface area contributed by atoms with Gasteiger partial charge >= 0.3 is 12.1 Å². The Morgan fingerprint density at radius 2 is 1.98 bits per heavy atom. The van der Waals surface area contributed by atoms with Crippen molar-refractivity contribution in [1.29, 1.82) is 0 Å². The lowest BCUT2D eigenvalue weighted by Gasteiger charge is -2.17. The van der Waals surface area contributed by atoms with Crippen molar-refractivity contribution < 1.29 is 42.1 Å². The number of carboxylic acids is 1. The van der Waals surface area contributed by atoms with Gasteiger partial charge in [-0.2, -0.15) is 13.2 Å². The van der Waals surface area contributed by atoms with E-state index >= 15 is 0 Å². The number of hydrogen-bond donors (Lipinski definition) is 4. The Labute approximate surface area is 225 Å². The number of benzene rings is 1. The maximum absolute atomic E-state index is 12.9. The van der Waals surface area contributed by atoms with Crippen LogP contribution < -0.4 is 21.1 Å². The van der Waals surface area contributed by atoms with Gasteiger partial charge in [0.15, 0.2) is 0 Å². The molecule has 0 saturated carbocycles. The van der Waals surface area contributed by atoms with Crippen LogP contribution in [0.3, 0.4) is 0 Å². The predicted molar refractivity (Wildman–Crippen MR) is 137 cm³/mol. The number of carbonyl (C=O) groups is 3. The summed E-state index contributed by atoms with van der Waals surface area (Å²) in [5.74, 6) is -2.87. The summed E-state index contributed by atoms with van der Waals surface area (Å²) in [5.41, 5.74) is 9.65. The average Bonchev–Trinajstić information content (AvgIpc) is 3.60. The van der Waals surface area contributed by atoms with Crippen LogP contribution in [0.25, 0.3) is 10.9 Å². The molecule has 1 fully saturated rings. The number of hydrogen-bond acceptors (Lipinski definition) is 8. The second-order valence-electron chi connectivity index (χ2n) is 9.05. The minimum absolute atomic E-state index is 0.0262. The number of nitrogens with one attached hydrogen (secondary N) is 2. The van der Waals surface area contributed by atoms with Gasteiger partial charge in [0.25, 0.3) is 11.8 Å². The number of primary amides is 1. The van der Waals surface area contributed by atoms with E-state index in [1.807, 2.05) is 18.2 Å². The summed E-state index contributed by atoms with van der Waals surface area (Å²) in [5, 5.41) is 14.0. The normalized spacial score (nSPS) is 15.9. The number of nitrogens with zero attached hydrogens (tertiary/aromatic N) is 2. The van der Waals surface area contributed by atoms with E-state index in [1.165, 1.54) is 6.20 Å². The number of aliphatic carboxylic acids is 1. The van der Waals surface area contributed by atoms with Crippen molar-refractivity contribution in [1.82, 2.24) is 15.3 Å². The van der Waals surface area contributed by atoms with E-state index in [2.05, 4.69) is 20.6 Å². The molecule has 0 unspecified atom stereocenters. The van der Waals surface area contributed by atoms with Crippen LogP contribution in [0.15, 0.2) is 30.5 Å². The van der Waals surface area contributed by atoms with Crippen LogP contribution in [0, 0.1) is 6.92 Å². The quantitative estimate of drug-likeness (QED) is 0.353. The monoisotopic (exact) mass is 561 g/mol. The number of anilines is 2. The van der Waals surface area contributed by atoms with Gasteiger partial charge in [-0.25, -0.2) is 9.78 Å². The van der Waals surface area contributed by atoms with Crippen molar-refractivity contribution in [3.8, 4) is 5.75 Å². The number of rotatable bonds is 6. The fourth-order valence-corrected chi connectivity index (χ4v) is 4.37. The minimum atomic E-state index is -5.08. The predicted octanol–water partition coefficient (Wildman–Crippen LogP) is 3.26.